The molecule has 0 atom stereocenters. The molecular formula is C12H8ClN7. The predicted molar refractivity (Wildman–Crippen MR) is 74.4 cm³/mol. The van der Waals surface area contributed by atoms with E-state index in [1.165, 1.54) is 0 Å². The molecule has 0 spiro atoms. The van der Waals surface area contributed by atoms with Crippen LogP contribution in [0.25, 0.3) is 22.4 Å². The fraction of sp³-hybridized carbons (Fsp3) is 0. The lowest BCUT2D eigenvalue weighted by Crippen LogP contribution is -1.99. The summed E-state index contributed by atoms with van der Waals surface area (Å²) in [5.74, 6) is 0.786. The van der Waals surface area contributed by atoms with E-state index in [9.17, 15) is 0 Å². The first kappa shape index (κ1) is 11.2. The second kappa shape index (κ2) is 3.91. The zero-order chi connectivity index (χ0) is 13.7. The predicted octanol–water partition coefficient (Wildman–Crippen LogP) is 1.67. The third-order valence-corrected chi connectivity index (χ3v) is 3.34. The van der Waals surface area contributed by atoms with E-state index in [-0.39, 0.29) is 5.95 Å². The molecule has 0 saturated heterocycles. The maximum Gasteiger partial charge on any atom is 0.238 e. The van der Waals surface area contributed by atoms with Crippen molar-refractivity contribution in [3.8, 4) is 11.1 Å². The van der Waals surface area contributed by atoms with Crippen molar-refractivity contribution in [3.63, 3.8) is 0 Å². The first-order valence-electron chi connectivity index (χ1n) is 5.81. The maximum atomic E-state index is 6.06. The summed E-state index contributed by atoms with van der Waals surface area (Å²) in [6.45, 7) is 0. The Hall–Kier alpha value is -2.67. The molecule has 0 aliphatic heterocycles. The number of anilines is 1. The van der Waals surface area contributed by atoms with Crippen LogP contribution in [0.4, 0.5) is 5.95 Å². The van der Waals surface area contributed by atoms with Gasteiger partial charge in [-0.05, 0) is 6.07 Å². The largest absolute Gasteiger partial charge is 0.367 e. The summed E-state index contributed by atoms with van der Waals surface area (Å²) < 4.78 is 3.40. The molecule has 0 bridgehead atoms. The quantitative estimate of drug-likeness (QED) is 0.575. The summed E-state index contributed by atoms with van der Waals surface area (Å²) in [5, 5.41) is 4.62. The molecule has 4 aromatic heterocycles. The minimum absolute atomic E-state index is 0.228. The minimum atomic E-state index is 0.228. The average Bonchev–Trinajstić information content (AvgIpc) is 3.02. The molecule has 2 N–H and O–H groups in total. The lowest BCUT2D eigenvalue weighted by Gasteiger charge is -2.02. The van der Waals surface area contributed by atoms with Gasteiger partial charge < -0.3 is 5.73 Å². The van der Waals surface area contributed by atoms with Crippen molar-refractivity contribution >= 4 is 28.8 Å². The number of aromatic nitrogens is 6. The van der Waals surface area contributed by atoms with E-state index in [4.69, 9.17) is 17.3 Å². The number of fused-ring (bicyclic) bond motifs is 2. The van der Waals surface area contributed by atoms with Crippen molar-refractivity contribution in [1.29, 1.82) is 0 Å². The average molecular weight is 286 g/mol. The van der Waals surface area contributed by atoms with Crippen molar-refractivity contribution in [3.05, 3.63) is 42.2 Å². The van der Waals surface area contributed by atoms with Crippen LogP contribution in [0.15, 0.2) is 37.1 Å². The van der Waals surface area contributed by atoms with Crippen molar-refractivity contribution < 1.29 is 0 Å². The van der Waals surface area contributed by atoms with Gasteiger partial charge in [-0.15, -0.1) is 5.10 Å². The number of nitrogen functional groups attached to an aromatic ring is 1. The highest BCUT2D eigenvalue weighted by molar-refractivity contribution is 6.29. The number of rotatable bonds is 1. The van der Waals surface area contributed by atoms with Crippen molar-refractivity contribution in [2.45, 2.75) is 0 Å². The third kappa shape index (κ3) is 1.53. The number of nitrogens with zero attached hydrogens (tertiary/aromatic N) is 6. The van der Waals surface area contributed by atoms with E-state index >= 15 is 0 Å². The smallest absolute Gasteiger partial charge is 0.238 e. The Morgan fingerprint density at radius 3 is 2.85 bits per heavy atom. The summed E-state index contributed by atoms with van der Waals surface area (Å²) in [6, 6.07) is 1.93. The second-order valence-corrected chi connectivity index (χ2v) is 4.66. The molecule has 7 nitrogen and oxygen atoms in total. The van der Waals surface area contributed by atoms with Crippen LogP contribution in [0.1, 0.15) is 0 Å². The molecular weight excluding hydrogens is 278 g/mol. The number of imidazole rings is 1. The topological polar surface area (TPSA) is 86.4 Å². The highest BCUT2D eigenvalue weighted by Crippen LogP contribution is 2.25. The van der Waals surface area contributed by atoms with E-state index in [2.05, 4.69) is 20.1 Å². The molecule has 0 fully saturated rings. The second-order valence-electron chi connectivity index (χ2n) is 4.27. The van der Waals surface area contributed by atoms with Gasteiger partial charge >= 0.3 is 0 Å². The van der Waals surface area contributed by atoms with Crippen LogP contribution in [0, 0.1) is 0 Å². The van der Waals surface area contributed by atoms with E-state index in [1.54, 1.807) is 27.5 Å². The lowest BCUT2D eigenvalue weighted by molar-refractivity contribution is 0.918. The Balaban J connectivity index is 1.98. The summed E-state index contributed by atoms with van der Waals surface area (Å²) in [7, 11) is 0. The van der Waals surface area contributed by atoms with Gasteiger partial charge in [0.2, 0.25) is 11.7 Å². The van der Waals surface area contributed by atoms with Crippen LogP contribution in [-0.2, 0) is 0 Å². The SMILES string of the molecule is Nc1ncc2c(-c3cnc4ncc(Cl)n4c3)ccn2n1. The molecule has 0 aliphatic rings. The number of halogens is 1. The van der Waals surface area contributed by atoms with Gasteiger partial charge in [0.25, 0.3) is 0 Å². The van der Waals surface area contributed by atoms with Crippen molar-refractivity contribution in [2.24, 2.45) is 0 Å². The van der Waals surface area contributed by atoms with Crippen LogP contribution < -0.4 is 5.73 Å². The Morgan fingerprint density at radius 2 is 1.95 bits per heavy atom. The monoisotopic (exact) mass is 285 g/mol. The zero-order valence-electron chi connectivity index (χ0n) is 10.1. The van der Waals surface area contributed by atoms with Crippen LogP contribution in [0.5, 0.6) is 0 Å². The fourth-order valence-corrected chi connectivity index (χ4v) is 2.32. The molecule has 0 saturated carbocycles. The van der Waals surface area contributed by atoms with Crippen LogP contribution in [0.2, 0.25) is 5.15 Å². The molecule has 0 aliphatic carbocycles. The minimum Gasteiger partial charge on any atom is -0.367 e. The van der Waals surface area contributed by atoms with Gasteiger partial charge in [-0.1, -0.05) is 11.6 Å². The highest BCUT2D eigenvalue weighted by atomic mass is 35.5. The van der Waals surface area contributed by atoms with Crippen molar-refractivity contribution in [2.75, 3.05) is 5.73 Å². The van der Waals surface area contributed by atoms with Gasteiger partial charge in [0.1, 0.15) is 5.15 Å². The number of nitrogens with two attached hydrogens (primary N) is 1. The fourth-order valence-electron chi connectivity index (χ4n) is 2.14. The standard InChI is InChI=1S/C12H8ClN7/c13-10-5-17-12-16-3-7(6-19(10)12)8-1-2-20-9(8)4-15-11(14)18-20/h1-6H,(H2,14,18). The van der Waals surface area contributed by atoms with Crippen LogP contribution in [-0.4, -0.2) is 29.0 Å². The Bertz CT molecular complexity index is 939. The van der Waals surface area contributed by atoms with Crippen LogP contribution in [0.3, 0.4) is 0 Å². The molecule has 8 heteroatoms. The van der Waals surface area contributed by atoms with E-state index in [0.29, 0.717) is 10.9 Å². The van der Waals surface area contributed by atoms with Gasteiger partial charge in [-0.25, -0.2) is 19.5 Å². The Kier molecular flexibility index (Phi) is 2.19. The summed E-state index contributed by atoms with van der Waals surface area (Å²) in [6.07, 6.45) is 8.68. The molecule has 20 heavy (non-hydrogen) atoms. The molecule has 98 valence electrons. The lowest BCUT2D eigenvalue weighted by atomic mass is 10.1. The van der Waals surface area contributed by atoms with Gasteiger partial charge in [-0.3, -0.25) is 4.40 Å². The highest BCUT2D eigenvalue weighted by Gasteiger charge is 2.09. The van der Waals surface area contributed by atoms with Gasteiger partial charge in [0.15, 0.2) is 0 Å². The third-order valence-electron chi connectivity index (χ3n) is 3.06. The summed E-state index contributed by atoms with van der Waals surface area (Å²) in [4.78, 5) is 12.4. The summed E-state index contributed by atoms with van der Waals surface area (Å²) in [5.41, 5.74) is 8.26. The molecule has 4 rings (SSSR count). The normalized spacial score (nSPS) is 11.4. The van der Waals surface area contributed by atoms with Gasteiger partial charge in [-0.2, -0.15) is 0 Å². The van der Waals surface area contributed by atoms with Crippen molar-refractivity contribution in [1.82, 2.24) is 29.0 Å². The van der Waals surface area contributed by atoms with Gasteiger partial charge in [0.05, 0.1) is 17.9 Å². The molecule has 0 amide bonds. The van der Waals surface area contributed by atoms with E-state index < -0.39 is 0 Å². The first-order chi connectivity index (χ1) is 9.72. The Labute approximate surface area is 117 Å². The summed E-state index contributed by atoms with van der Waals surface area (Å²) >= 11 is 6.06. The molecule has 0 unspecified atom stereocenters. The molecule has 0 aromatic carbocycles. The maximum absolute atomic E-state index is 6.06. The molecule has 4 aromatic rings. The Morgan fingerprint density at radius 1 is 1.10 bits per heavy atom. The molecule has 4 heterocycles. The molecule has 0 radical (unpaired) electrons. The first-order valence-corrected chi connectivity index (χ1v) is 6.19. The van der Waals surface area contributed by atoms with Gasteiger partial charge in [0, 0.05) is 29.7 Å². The van der Waals surface area contributed by atoms with E-state index in [0.717, 1.165) is 16.6 Å². The number of hydrogen-bond donors (Lipinski definition) is 1. The number of hydrogen-bond acceptors (Lipinski definition) is 5. The van der Waals surface area contributed by atoms with E-state index in [1.807, 2.05) is 18.5 Å². The van der Waals surface area contributed by atoms with Crippen LogP contribution >= 0.6 is 11.6 Å². The zero-order valence-corrected chi connectivity index (χ0v) is 10.9.